The number of hydrogen-bond acceptors (Lipinski definition) is 3. The smallest absolute Gasteiger partial charge is 0.243 e. The van der Waals surface area contributed by atoms with E-state index in [2.05, 4.69) is 18.4 Å². The van der Waals surface area contributed by atoms with Crippen molar-refractivity contribution in [2.24, 2.45) is 0 Å². The molecule has 4 nitrogen and oxygen atoms in total. The van der Waals surface area contributed by atoms with Crippen molar-refractivity contribution in [3.8, 4) is 0 Å². The summed E-state index contributed by atoms with van der Waals surface area (Å²) in [5.74, 6) is 0. The average Bonchev–Trinajstić information content (AvgIpc) is 2.74. The average molecular weight is 308 g/mol. The molecule has 1 aliphatic rings. The molecule has 116 valence electrons. The number of rotatable bonds is 5. The van der Waals surface area contributed by atoms with Crippen LogP contribution in [-0.2, 0) is 16.4 Å². The summed E-state index contributed by atoms with van der Waals surface area (Å²) in [4.78, 5) is 2.64. The SMILES string of the molecule is C=CCN1CCCN(S(=O)(=O)c2ccc(CC)cc2)CC1. The summed E-state index contributed by atoms with van der Waals surface area (Å²) in [6, 6.07) is 7.24. The van der Waals surface area contributed by atoms with Gasteiger partial charge >= 0.3 is 0 Å². The summed E-state index contributed by atoms with van der Waals surface area (Å²) in [5.41, 5.74) is 1.15. The van der Waals surface area contributed by atoms with Gasteiger partial charge in [0, 0.05) is 26.2 Å². The molecule has 1 aromatic carbocycles. The van der Waals surface area contributed by atoms with Crippen LogP contribution in [0.3, 0.4) is 0 Å². The minimum Gasteiger partial charge on any atom is -0.298 e. The Labute approximate surface area is 128 Å². The quantitative estimate of drug-likeness (QED) is 0.783. The lowest BCUT2D eigenvalue weighted by Crippen LogP contribution is -2.35. The second kappa shape index (κ2) is 7.20. The highest BCUT2D eigenvalue weighted by Crippen LogP contribution is 2.18. The first kappa shape index (κ1) is 16.2. The molecule has 0 bridgehead atoms. The Morgan fingerprint density at radius 3 is 2.48 bits per heavy atom. The van der Waals surface area contributed by atoms with Gasteiger partial charge in [-0.15, -0.1) is 6.58 Å². The first-order valence-electron chi connectivity index (χ1n) is 7.50. The zero-order valence-electron chi connectivity index (χ0n) is 12.7. The Kier molecular flexibility index (Phi) is 5.56. The molecule has 1 fully saturated rings. The third-order valence-electron chi connectivity index (χ3n) is 3.90. The molecular weight excluding hydrogens is 284 g/mol. The highest BCUT2D eigenvalue weighted by atomic mass is 32.2. The van der Waals surface area contributed by atoms with E-state index in [0.717, 1.165) is 38.0 Å². The summed E-state index contributed by atoms with van der Waals surface area (Å²) in [7, 11) is -3.37. The largest absolute Gasteiger partial charge is 0.298 e. The Balaban J connectivity index is 2.12. The lowest BCUT2D eigenvalue weighted by Gasteiger charge is -2.21. The summed E-state index contributed by atoms with van der Waals surface area (Å²) in [5, 5.41) is 0. The maximum atomic E-state index is 12.7. The third-order valence-corrected chi connectivity index (χ3v) is 5.82. The molecule has 1 heterocycles. The van der Waals surface area contributed by atoms with Crippen LogP contribution in [0, 0.1) is 0 Å². The van der Waals surface area contributed by atoms with E-state index >= 15 is 0 Å². The van der Waals surface area contributed by atoms with Crippen molar-refractivity contribution in [3.05, 3.63) is 42.5 Å². The van der Waals surface area contributed by atoms with Gasteiger partial charge in [-0.2, -0.15) is 4.31 Å². The molecule has 0 amide bonds. The predicted octanol–water partition coefficient (Wildman–Crippen LogP) is 2.13. The summed E-state index contributed by atoms with van der Waals surface area (Å²) >= 11 is 0. The van der Waals surface area contributed by atoms with Crippen molar-refractivity contribution in [2.75, 3.05) is 32.7 Å². The number of aryl methyl sites for hydroxylation is 1. The van der Waals surface area contributed by atoms with Gasteiger partial charge < -0.3 is 0 Å². The molecular formula is C16H24N2O2S. The monoisotopic (exact) mass is 308 g/mol. The van der Waals surface area contributed by atoms with Crippen molar-refractivity contribution >= 4 is 10.0 Å². The maximum absolute atomic E-state index is 12.7. The number of benzene rings is 1. The van der Waals surface area contributed by atoms with Crippen molar-refractivity contribution in [1.29, 1.82) is 0 Å². The van der Waals surface area contributed by atoms with E-state index in [1.165, 1.54) is 0 Å². The molecule has 0 saturated carbocycles. The molecule has 5 heteroatoms. The van der Waals surface area contributed by atoms with E-state index in [9.17, 15) is 8.42 Å². The lowest BCUT2D eigenvalue weighted by atomic mass is 10.2. The number of hydrogen-bond donors (Lipinski definition) is 0. The fraction of sp³-hybridized carbons (Fsp3) is 0.500. The normalized spacial score (nSPS) is 18.3. The Morgan fingerprint density at radius 2 is 1.86 bits per heavy atom. The Hall–Kier alpha value is -1.17. The van der Waals surface area contributed by atoms with Crippen LogP contribution in [0.2, 0.25) is 0 Å². The molecule has 0 aliphatic carbocycles. The first-order valence-corrected chi connectivity index (χ1v) is 8.94. The molecule has 0 aromatic heterocycles. The van der Waals surface area contributed by atoms with Crippen LogP contribution in [-0.4, -0.2) is 50.3 Å². The fourth-order valence-corrected chi connectivity index (χ4v) is 4.07. The van der Waals surface area contributed by atoms with Gasteiger partial charge in [0.15, 0.2) is 0 Å². The fourth-order valence-electron chi connectivity index (χ4n) is 2.60. The zero-order chi connectivity index (χ0) is 15.3. The van der Waals surface area contributed by atoms with Crippen LogP contribution in [0.4, 0.5) is 0 Å². The first-order chi connectivity index (χ1) is 10.1. The second-order valence-corrected chi connectivity index (χ2v) is 7.28. The van der Waals surface area contributed by atoms with E-state index in [0.29, 0.717) is 18.0 Å². The molecule has 1 aromatic rings. The van der Waals surface area contributed by atoms with Gasteiger partial charge in [0.25, 0.3) is 0 Å². The molecule has 0 unspecified atom stereocenters. The van der Waals surface area contributed by atoms with Crippen LogP contribution in [0.5, 0.6) is 0 Å². The van der Waals surface area contributed by atoms with Gasteiger partial charge in [0.05, 0.1) is 4.90 Å². The number of sulfonamides is 1. The van der Waals surface area contributed by atoms with E-state index in [1.807, 2.05) is 18.2 Å². The van der Waals surface area contributed by atoms with Crippen LogP contribution >= 0.6 is 0 Å². The van der Waals surface area contributed by atoms with Crippen molar-refractivity contribution in [1.82, 2.24) is 9.21 Å². The van der Waals surface area contributed by atoms with Gasteiger partial charge in [-0.3, -0.25) is 4.90 Å². The zero-order valence-corrected chi connectivity index (χ0v) is 13.5. The Morgan fingerprint density at radius 1 is 1.14 bits per heavy atom. The van der Waals surface area contributed by atoms with E-state index in [4.69, 9.17) is 0 Å². The highest BCUT2D eigenvalue weighted by Gasteiger charge is 2.26. The minimum atomic E-state index is -3.37. The summed E-state index contributed by atoms with van der Waals surface area (Å²) in [6.07, 6.45) is 3.65. The van der Waals surface area contributed by atoms with Crippen molar-refractivity contribution < 1.29 is 8.42 Å². The molecule has 0 atom stereocenters. The number of nitrogens with zero attached hydrogens (tertiary/aromatic N) is 2. The second-order valence-electron chi connectivity index (χ2n) is 5.34. The molecule has 1 saturated heterocycles. The van der Waals surface area contributed by atoms with Gasteiger partial charge in [-0.25, -0.2) is 8.42 Å². The van der Waals surface area contributed by atoms with Gasteiger partial charge in [-0.1, -0.05) is 25.1 Å². The van der Waals surface area contributed by atoms with E-state index in [-0.39, 0.29) is 0 Å². The van der Waals surface area contributed by atoms with E-state index in [1.54, 1.807) is 16.4 Å². The molecule has 1 aliphatic heterocycles. The molecule has 0 radical (unpaired) electrons. The minimum absolute atomic E-state index is 0.400. The van der Waals surface area contributed by atoms with Crippen molar-refractivity contribution in [3.63, 3.8) is 0 Å². The molecule has 2 rings (SSSR count). The van der Waals surface area contributed by atoms with Gasteiger partial charge in [0.2, 0.25) is 10.0 Å². The standard InChI is InChI=1S/C16H24N2O2S/c1-3-10-17-11-5-12-18(14-13-17)21(19,20)16-8-6-15(4-2)7-9-16/h3,6-9H,1,4-5,10-14H2,2H3. The summed E-state index contributed by atoms with van der Waals surface area (Å²) < 4.78 is 27.0. The highest BCUT2D eigenvalue weighted by molar-refractivity contribution is 7.89. The maximum Gasteiger partial charge on any atom is 0.243 e. The molecule has 0 spiro atoms. The van der Waals surface area contributed by atoms with Crippen LogP contribution < -0.4 is 0 Å². The Bertz CT molecular complexity index is 566. The predicted molar refractivity (Wildman–Crippen MR) is 85.8 cm³/mol. The van der Waals surface area contributed by atoms with Gasteiger partial charge in [0.1, 0.15) is 0 Å². The third kappa shape index (κ3) is 3.93. The van der Waals surface area contributed by atoms with E-state index < -0.39 is 10.0 Å². The lowest BCUT2D eigenvalue weighted by molar-refractivity contribution is 0.316. The topological polar surface area (TPSA) is 40.6 Å². The summed E-state index contributed by atoms with van der Waals surface area (Å²) in [6.45, 7) is 9.45. The van der Waals surface area contributed by atoms with Crippen LogP contribution in [0.25, 0.3) is 0 Å². The van der Waals surface area contributed by atoms with Gasteiger partial charge in [-0.05, 0) is 37.1 Å². The van der Waals surface area contributed by atoms with Crippen molar-refractivity contribution in [2.45, 2.75) is 24.7 Å². The van der Waals surface area contributed by atoms with Crippen LogP contribution in [0.1, 0.15) is 18.9 Å². The molecule has 0 N–H and O–H groups in total. The van der Waals surface area contributed by atoms with Crippen LogP contribution in [0.15, 0.2) is 41.8 Å². The molecule has 21 heavy (non-hydrogen) atoms.